The summed E-state index contributed by atoms with van der Waals surface area (Å²) in [5.74, 6) is 1.83. The SMILES string of the molecule is C=CCNC(=O)c1ccccc1Nc1nc(C2=CN=CC(C)C(C)=C2)nc2ccc(OC)cc12. The number of nitrogens with one attached hydrogen (secondary N) is 2. The van der Waals surface area contributed by atoms with E-state index in [0.29, 0.717) is 35.2 Å². The van der Waals surface area contributed by atoms with E-state index in [2.05, 4.69) is 42.1 Å². The number of allylic oxidation sites excluding steroid dienone is 3. The number of carbonyl (C=O) groups excluding carboxylic acids is 1. The molecule has 172 valence electrons. The maximum atomic E-state index is 12.7. The molecular formula is C27H27N5O2. The Balaban J connectivity index is 1.84. The molecule has 1 amide bonds. The summed E-state index contributed by atoms with van der Waals surface area (Å²) in [6, 6.07) is 12.9. The Morgan fingerprint density at radius 2 is 2.03 bits per heavy atom. The lowest BCUT2D eigenvalue weighted by atomic mass is 10.0. The highest BCUT2D eigenvalue weighted by Crippen LogP contribution is 2.31. The molecule has 0 saturated heterocycles. The van der Waals surface area contributed by atoms with Gasteiger partial charge in [0.05, 0.1) is 23.9 Å². The van der Waals surface area contributed by atoms with E-state index in [9.17, 15) is 4.79 Å². The molecule has 0 fully saturated rings. The van der Waals surface area contributed by atoms with Gasteiger partial charge in [-0.15, -0.1) is 6.58 Å². The van der Waals surface area contributed by atoms with Crippen molar-refractivity contribution in [2.75, 3.05) is 19.0 Å². The molecule has 4 rings (SSSR count). The van der Waals surface area contributed by atoms with Gasteiger partial charge in [0.15, 0.2) is 5.82 Å². The normalized spacial score (nSPS) is 15.2. The summed E-state index contributed by atoms with van der Waals surface area (Å²) in [5.41, 5.74) is 3.87. The van der Waals surface area contributed by atoms with Crippen molar-refractivity contribution in [3.8, 4) is 5.75 Å². The molecule has 0 aliphatic carbocycles. The van der Waals surface area contributed by atoms with Crippen molar-refractivity contribution in [3.63, 3.8) is 0 Å². The fourth-order valence-electron chi connectivity index (χ4n) is 3.54. The number of aromatic nitrogens is 2. The Bertz CT molecular complexity index is 1340. The molecule has 7 nitrogen and oxygen atoms in total. The van der Waals surface area contributed by atoms with Gasteiger partial charge in [0, 0.05) is 35.8 Å². The van der Waals surface area contributed by atoms with E-state index >= 15 is 0 Å². The molecule has 2 aromatic carbocycles. The first-order valence-electron chi connectivity index (χ1n) is 11.0. The molecule has 2 heterocycles. The number of nitrogens with zero attached hydrogens (tertiary/aromatic N) is 3. The van der Waals surface area contributed by atoms with Crippen LogP contribution in [-0.2, 0) is 0 Å². The van der Waals surface area contributed by atoms with E-state index in [4.69, 9.17) is 14.7 Å². The Morgan fingerprint density at radius 3 is 2.82 bits per heavy atom. The van der Waals surface area contributed by atoms with Crippen LogP contribution in [0.2, 0.25) is 0 Å². The van der Waals surface area contributed by atoms with Crippen LogP contribution in [0.1, 0.15) is 30.0 Å². The minimum Gasteiger partial charge on any atom is -0.497 e. The van der Waals surface area contributed by atoms with E-state index in [1.54, 1.807) is 25.5 Å². The maximum Gasteiger partial charge on any atom is 0.253 e. The predicted molar refractivity (Wildman–Crippen MR) is 138 cm³/mol. The highest BCUT2D eigenvalue weighted by molar-refractivity contribution is 6.02. The predicted octanol–water partition coefficient (Wildman–Crippen LogP) is 5.31. The second kappa shape index (κ2) is 10.1. The third kappa shape index (κ3) is 4.88. The van der Waals surface area contributed by atoms with Crippen molar-refractivity contribution >= 4 is 40.1 Å². The molecular weight excluding hydrogens is 426 g/mol. The third-order valence-electron chi connectivity index (χ3n) is 5.62. The quantitative estimate of drug-likeness (QED) is 0.474. The van der Waals surface area contributed by atoms with Crippen molar-refractivity contribution in [3.05, 3.63) is 84.4 Å². The number of ether oxygens (including phenoxy) is 1. The highest BCUT2D eigenvalue weighted by Gasteiger charge is 2.16. The lowest BCUT2D eigenvalue weighted by Crippen LogP contribution is -2.24. The molecule has 1 aliphatic rings. The van der Waals surface area contributed by atoms with Gasteiger partial charge < -0.3 is 15.4 Å². The lowest BCUT2D eigenvalue weighted by molar-refractivity contribution is 0.0959. The van der Waals surface area contributed by atoms with Gasteiger partial charge >= 0.3 is 0 Å². The summed E-state index contributed by atoms with van der Waals surface area (Å²) < 4.78 is 5.43. The molecule has 34 heavy (non-hydrogen) atoms. The van der Waals surface area contributed by atoms with Crippen molar-refractivity contribution < 1.29 is 9.53 Å². The van der Waals surface area contributed by atoms with Crippen LogP contribution in [0, 0.1) is 5.92 Å². The number of fused-ring (bicyclic) bond motifs is 1. The first kappa shape index (κ1) is 22.9. The Hall–Kier alpha value is -4.26. The number of carbonyl (C=O) groups is 1. The number of benzene rings is 2. The topological polar surface area (TPSA) is 88.5 Å². The fourth-order valence-corrected chi connectivity index (χ4v) is 3.54. The molecule has 1 unspecified atom stereocenters. The molecule has 1 aliphatic heterocycles. The second-order valence-corrected chi connectivity index (χ2v) is 8.01. The summed E-state index contributed by atoms with van der Waals surface area (Å²) in [5, 5.41) is 6.96. The molecule has 1 aromatic heterocycles. The summed E-state index contributed by atoms with van der Waals surface area (Å²) in [7, 11) is 1.62. The lowest BCUT2D eigenvalue weighted by Gasteiger charge is -2.15. The molecule has 0 saturated carbocycles. The van der Waals surface area contributed by atoms with Gasteiger partial charge in [0.25, 0.3) is 5.91 Å². The van der Waals surface area contributed by atoms with Gasteiger partial charge in [-0.05, 0) is 37.3 Å². The van der Waals surface area contributed by atoms with E-state index in [1.165, 1.54) is 5.57 Å². The second-order valence-electron chi connectivity index (χ2n) is 8.01. The zero-order valence-electron chi connectivity index (χ0n) is 19.5. The van der Waals surface area contributed by atoms with E-state index in [-0.39, 0.29) is 11.8 Å². The van der Waals surface area contributed by atoms with Crippen LogP contribution in [-0.4, -0.2) is 35.7 Å². The zero-order chi connectivity index (χ0) is 24.1. The summed E-state index contributed by atoms with van der Waals surface area (Å²) in [4.78, 5) is 26.8. The summed E-state index contributed by atoms with van der Waals surface area (Å²) in [6.07, 6.45) is 7.38. The number of rotatable bonds is 7. The molecule has 7 heteroatoms. The highest BCUT2D eigenvalue weighted by atomic mass is 16.5. The zero-order valence-corrected chi connectivity index (χ0v) is 19.5. The van der Waals surface area contributed by atoms with Crippen LogP contribution >= 0.6 is 0 Å². The standard InChI is InChI=1S/C27H27N5O2/c1-5-12-29-27(33)21-8-6-7-9-23(21)31-26-22-14-20(34-4)10-11-24(22)30-25(32-26)19-13-17(2)18(3)15-28-16-19/h5-11,13-16,18H,1,12H2,2-4H3,(H,29,33)(H,30,31,32). The molecule has 0 spiro atoms. The van der Waals surface area contributed by atoms with Crippen LogP contribution in [0.4, 0.5) is 11.5 Å². The Morgan fingerprint density at radius 1 is 1.21 bits per heavy atom. The van der Waals surface area contributed by atoms with Gasteiger partial charge in [-0.1, -0.05) is 36.8 Å². The third-order valence-corrected chi connectivity index (χ3v) is 5.62. The van der Waals surface area contributed by atoms with Crippen molar-refractivity contribution in [2.45, 2.75) is 13.8 Å². The first-order valence-corrected chi connectivity index (χ1v) is 11.0. The van der Waals surface area contributed by atoms with Crippen LogP contribution in [0.3, 0.4) is 0 Å². The minimum atomic E-state index is -0.201. The summed E-state index contributed by atoms with van der Waals surface area (Å²) in [6.45, 7) is 8.20. The van der Waals surface area contributed by atoms with E-state index in [1.807, 2.05) is 42.6 Å². The van der Waals surface area contributed by atoms with E-state index < -0.39 is 0 Å². The van der Waals surface area contributed by atoms with Crippen molar-refractivity contribution in [1.82, 2.24) is 15.3 Å². The smallest absolute Gasteiger partial charge is 0.253 e. The fraction of sp³-hybridized carbons (Fsp3) is 0.185. The monoisotopic (exact) mass is 453 g/mol. The number of anilines is 2. The molecule has 3 aromatic rings. The molecule has 2 N–H and O–H groups in total. The number of hydrogen-bond acceptors (Lipinski definition) is 6. The van der Waals surface area contributed by atoms with Crippen molar-refractivity contribution in [1.29, 1.82) is 0 Å². The molecule has 0 bridgehead atoms. The van der Waals surface area contributed by atoms with Gasteiger partial charge in [0.1, 0.15) is 11.6 Å². The Labute approximate surface area is 199 Å². The maximum absolute atomic E-state index is 12.7. The van der Waals surface area contributed by atoms with Crippen LogP contribution in [0.15, 0.2) is 78.0 Å². The average molecular weight is 454 g/mol. The van der Waals surface area contributed by atoms with Gasteiger partial charge in [-0.3, -0.25) is 9.79 Å². The first-order chi connectivity index (χ1) is 16.5. The number of aliphatic imine (C=N–C) groups is 1. The molecule has 0 radical (unpaired) electrons. The number of amides is 1. The molecule has 1 atom stereocenters. The van der Waals surface area contributed by atoms with Gasteiger partial charge in [0.2, 0.25) is 0 Å². The van der Waals surface area contributed by atoms with Crippen LogP contribution in [0.25, 0.3) is 16.5 Å². The average Bonchev–Trinajstić information content (AvgIpc) is 3.02. The largest absolute Gasteiger partial charge is 0.497 e. The van der Waals surface area contributed by atoms with Crippen molar-refractivity contribution in [2.24, 2.45) is 10.9 Å². The number of hydrogen-bond donors (Lipinski definition) is 2. The minimum absolute atomic E-state index is 0.201. The van der Waals surface area contributed by atoms with Gasteiger partial charge in [-0.25, -0.2) is 9.97 Å². The van der Waals surface area contributed by atoms with E-state index in [0.717, 1.165) is 16.5 Å². The van der Waals surface area contributed by atoms with Crippen LogP contribution < -0.4 is 15.4 Å². The number of methoxy groups -OCH3 is 1. The summed E-state index contributed by atoms with van der Waals surface area (Å²) >= 11 is 0. The Kier molecular flexibility index (Phi) is 6.82. The van der Waals surface area contributed by atoms with Gasteiger partial charge in [-0.2, -0.15) is 0 Å². The van der Waals surface area contributed by atoms with Crippen LogP contribution in [0.5, 0.6) is 5.75 Å². The number of para-hydroxylation sites is 1.